The van der Waals surface area contributed by atoms with Gasteiger partial charge in [0.05, 0.1) is 0 Å². The largest absolute Gasteiger partial charge is 0.317 e. The van der Waals surface area contributed by atoms with Crippen LogP contribution in [0, 0.1) is 0 Å². The van der Waals surface area contributed by atoms with Gasteiger partial charge >= 0.3 is 0 Å². The summed E-state index contributed by atoms with van der Waals surface area (Å²) in [6, 6.07) is -0.426. The number of hydrogen-bond donors (Lipinski definition) is 1. The van der Waals surface area contributed by atoms with Crippen LogP contribution in [0.4, 0.5) is 0 Å². The molecule has 0 radical (unpaired) electrons. The van der Waals surface area contributed by atoms with Crippen molar-refractivity contribution >= 4 is 5.91 Å². The third kappa shape index (κ3) is 1.63. The molecule has 0 spiro atoms. The Balaban J connectivity index is 2.90. The zero-order valence-electron chi connectivity index (χ0n) is 9.40. The van der Waals surface area contributed by atoms with Crippen LogP contribution in [0.15, 0.2) is 0 Å². The predicted molar refractivity (Wildman–Crippen MR) is 55.2 cm³/mol. The minimum Gasteiger partial charge on any atom is -0.317 e. The molecule has 0 aromatic rings. The minimum absolute atomic E-state index is 0.00699. The monoisotopic (exact) mass is 200 g/mol. The van der Waals surface area contributed by atoms with Crippen LogP contribution in [-0.2, 0) is 4.79 Å². The molecule has 0 saturated carbocycles. The van der Waals surface area contributed by atoms with E-state index >= 15 is 0 Å². The maximum atomic E-state index is 11.8. The maximum Gasteiger partial charge on any atom is 0.256 e. The van der Waals surface area contributed by atoms with Gasteiger partial charge in [0.15, 0.2) is 0 Å². The van der Waals surface area contributed by atoms with Crippen LogP contribution in [0.2, 0.25) is 0 Å². The highest BCUT2D eigenvalue weighted by atomic mass is 16.2. The summed E-state index contributed by atoms with van der Waals surface area (Å²) in [7, 11) is 3.89. The number of carbonyl (C=O) groups excluding carboxylic acids is 1. The van der Waals surface area contributed by atoms with Gasteiger partial charge in [0.2, 0.25) is 0 Å². The Morgan fingerprint density at radius 2 is 1.93 bits per heavy atom. The summed E-state index contributed by atoms with van der Waals surface area (Å²) >= 11 is 0. The highest BCUT2D eigenvalue weighted by Gasteiger charge is 2.44. The number of hydrogen-bond acceptors (Lipinski definition) is 4. The van der Waals surface area contributed by atoms with Gasteiger partial charge in [-0.15, -0.1) is 0 Å². The van der Waals surface area contributed by atoms with Gasteiger partial charge in [-0.3, -0.25) is 14.7 Å². The average Bonchev–Trinajstić information content (AvgIpc) is 2.39. The molecule has 1 aliphatic rings. The van der Waals surface area contributed by atoms with E-state index in [1.165, 1.54) is 0 Å². The molecule has 2 atom stereocenters. The minimum atomic E-state index is -0.426. The van der Waals surface area contributed by atoms with Gasteiger partial charge in [0.1, 0.15) is 12.2 Å². The van der Waals surface area contributed by atoms with E-state index in [0.29, 0.717) is 6.54 Å². The average molecular weight is 200 g/mol. The fourth-order valence-corrected chi connectivity index (χ4v) is 2.04. The lowest BCUT2D eigenvalue weighted by Crippen LogP contribution is -2.51. The molecule has 0 aromatic carbocycles. The molecule has 5 nitrogen and oxygen atoms in total. The van der Waals surface area contributed by atoms with Gasteiger partial charge in [-0.05, 0) is 21.0 Å². The summed E-state index contributed by atoms with van der Waals surface area (Å²) < 4.78 is 0. The fraction of sp³-hybridized carbons (Fsp3) is 0.889. The number of likely N-dealkylation sites (N-methyl/N-ethyl adjacent to an activating group) is 3. The fourth-order valence-electron chi connectivity index (χ4n) is 2.04. The Kier molecular flexibility index (Phi) is 3.47. The molecule has 2 unspecified atom stereocenters. The van der Waals surface area contributed by atoms with Crippen LogP contribution >= 0.6 is 0 Å². The number of nitrogens with zero attached hydrogens (tertiary/aromatic N) is 3. The van der Waals surface area contributed by atoms with Gasteiger partial charge in [-0.25, -0.2) is 0 Å². The van der Waals surface area contributed by atoms with E-state index in [0.717, 1.165) is 6.54 Å². The SMILES string of the molecule is CCN1C(=O)C(N)C(N(C)C)N1CC. The van der Waals surface area contributed by atoms with Crippen molar-refractivity contribution in [3.8, 4) is 0 Å². The highest BCUT2D eigenvalue weighted by Crippen LogP contribution is 2.19. The molecular formula is C9H20N4O. The standard InChI is InChI=1S/C9H20N4O/c1-5-12-8(11(3)4)7(10)9(14)13(12)6-2/h7-8H,5-6,10H2,1-4H3. The number of rotatable bonds is 3. The molecule has 0 aromatic heterocycles. The Bertz CT molecular complexity index is 219. The van der Waals surface area contributed by atoms with Crippen molar-refractivity contribution in [3.05, 3.63) is 0 Å². The van der Waals surface area contributed by atoms with Crippen LogP contribution < -0.4 is 5.73 Å². The summed E-state index contributed by atoms with van der Waals surface area (Å²) in [4.78, 5) is 13.7. The second-order valence-corrected chi connectivity index (χ2v) is 3.71. The normalized spacial score (nSPS) is 29.3. The molecule has 0 bridgehead atoms. The van der Waals surface area contributed by atoms with Gasteiger partial charge in [-0.1, -0.05) is 6.92 Å². The van der Waals surface area contributed by atoms with Crippen molar-refractivity contribution in [1.29, 1.82) is 0 Å². The van der Waals surface area contributed by atoms with Gasteiger partial charge < -0.3 is 5.73 Å². The summed E-state index contributed by atoms with van der Waals surface area (Å²) in [5, 5.41) is 3.75. The van der Waals surface area contributed by atoms with E-state index in [1.807, 2.05) is 37.9 Å². The second-order valence-electron chi connectivity index (χ2n) is 3.71. The molecule has 14 heavy (non-hydrogen) atoms. The number of nitrogens with two attached hydrogens (primary N) is 1. The van der Waals surface area contributed by atoms with Crippen molar-refractivity contribution in [1.82, 2.24) is 14.9 Å². The van der Waals surface area contributed by atoms with Crippen molar-refractivity contribution in [3.63, 3.8) is 0 Å². The highest BCUT2D eigenvalue weighted by molar-refractivity contribution is 5.84. The number of amides is 1. The first kappa shape index (κ1) is 11.4. The molecule has 0 aliphatic carbocycles. The lowest BCUT2D eigenvalue weighted by atomic mass is 10.2. The third-order valence-corrected chi connectivity index (χ3v) is 2.63. The molecule has 1 amide bonds. The number of hydrazine groups is 1. The molecule has 1 saturated heterocycles. The zero-order chi connectivity index (χ0) is 10.9. The van der Waals surface area contributed by atoms with Gasteiger partial charge in [0.25, 0.3) is 5.91 Å². The molecule has 1 rings (SSSR count). The zero-order valence-corrected chi connectivity index (χ0v) is 9.40. The van der Waals surface area contributed by atoms with E-state index in [-0.39, 0.29) is 12.1 Å². The molecule has 1 heterocycles. The second kappa shape index (κ2) is 4.25. The Morgan fingerprint density at radius 3 is 2.29 bits per heavy atom. The van der Waals surface area contributed by atoms with Crippen molar-refractivity contribution in [2.24, 2.45) is 5.73 Å². The quantitative estimate of drug-likeness (QED) is 0.654. The number of carbonyl (C=O) groups is 1. The maximum absolute atomic E-state index is 11.8. The van der Waals surface area contributed by atoms with E-state index < -0.39 is 6.04 Å². The van der Waals surface area contributed by atoms with E-state index in [4.69, 9.17) is 5.73 Å². The van der Waals surface area contributed by atoms with Gasteiger partial charge in [-0.2, -0.15) is 5.01 Å². The lowest BCUT2D eigenvalue weighted by molar-refractivity contribution is -0.139. The molecule has 1 fully saturated rings. The Morgan fingerprint density at radius 1 is 1.36 bits per heavy atom. The lowest BCUT2D eigenvalue weighted by Gasteiger charge is -2.33. The van der Waals surface area contributed by atoms with Crippen LogP contribution in [-0.4, -0.2) is 60.2 Å². The molecule has 1 aliphatic heterocycles. The topological polar surface area (TPSA) is 52.8 Å². The van der Waals surface area contributed by atoms with Crippen LogP contribution in [0.1, 0.15) is 13.8 Å². The first-order valence-corrected chi connectivity index (χ1v) is 5.04. The smallest absolute Gasteiger partial charge is 0.256 e. The first-order chi connectivity index (χ1) is 6.54. The molecule has 2 N–H and O–H groups in total. The predicted octanol–water partition coefficient (Wildman–Crippen LogP) is -0.700. The van der Waals surface area contributed by atoms with Crippen molar-refractivity contribution < 1.29 is 4.79 Å². The summed E-state index contributed by atoms with van der Waals surface area (Å²) in [5.41, 5.74) is 5.88. The summed E-state index contributed by atoms with van der Waals surface area (Å²) in [6.07, 6.45) is -0.00699. The Hall–Kier alpha value is -0.650. The molecular weight excluding hydrogens is 180 g/mol. The first-order valence-electron chi connectivity index (χ1n) is 5.04. The van der Waals surface area contributed by atoms with E-state index in [2.05, 4.69) is 0 Å². The van der Waals surface area contributed by atoms with E-state index in [9.17, 15) is 4.79 Å². The van der Waals surface area contributed by atoms with Crippen molar-refractivity contribution in [2.45, 2.75) is 26.1 Å². The Labute approximate surface area is 85.4 Å². The third-order valence-electron chi connectivity index (χ3n) is 2.63. The summed E-state index contributed by atoms with van der Waals surface area (Å²) in [6.45, 7) is 5.48. The van der Waals surface area contributed by atoms with E-state index in [1.54, 1.807) is 5.01 Å². The van der Waals surface area contributed by atoms with Crippen molar-refractivity contribution in [2.75, 3.05) is 27.2 Å². The molecule has 82 valence electrons. The van der Waals surface area contributed by atoms with Crippen LogP contribution in [0.5, 0.6) is 0 Å². The van der Waals surface area contributed by atoms with Crippen LogP contribution in [0.25, 0.3) is 0 Å². The summed E-state index contributed by atoms with van der Waals surface area (Å²) in [5.74, 6) is 0.0213. The molecule has 5 heteroatoms. The van der Waals surface area contributed by atoms with Gasteiger partial charge in [0, 0.05) is 13.1 Å². The van der Waals surface area contributed by atoms with Crippen LogP contribution in [0.3, 0.4) is 0 Å².